The van der Waals surface area contributed by atoms with Gasteiger partial charge in [-0.1, -0.05) is 42.5 Å². The minimum Gasteiger partial charge on any atom is -0.495 e. The zero-order chi connectivity index (χ0) is 16.1. The summed E-state index contributed by atoms with van der Waals surface area (Å²) in [7, 11) is 1.62. The van der Waals surface area contributed by atoms with Gasteiger partial charge in [-0.2, -0.15) is 4.98 Å². The lowest BCUT2D eigenvalue weighted by Gasteiger charge is -2.12. The molecule has 3 rings (SSSR count). The normalized spacial score (nSPS) is 10.2. The summed E-state index contributed by atoms with van der Waals surface area (Å²) in [5, 5.41) is 3.13. The highest BCUT2D eigenvalue weighted by molar-refractivity contribution is 5.75. The molecule has 0 spiro atoms. The smallest absolute Gasteiger partial charge is 0.229 e. The van der Waals surface area contributed by atoms with E-state index in [1.807, 2.05) is 54.6 Å². The van der Waals surface area contributed by atoms with E-state index in [-0.39, 0.29) is 0 Å². The highest BCUT2D eigenvalue weighted by Crippen LogP contribution is 2.29. The van der Waals surface area contributed by atoms with E-state index in [4.69, 9.17) is 10.6 Å². The summed E-state index contributed by atoms with van der Waals surface area (Å²) in [6.45, 7) is 0. The van der Waals surface area contributed by atoms with Crippen molar-refractivity contribution in [1.29, 1.82) is 0 Å². The molecule has 6 nitrogen and oxygen atoms in total. The van der Waals surface area contributed by atoms with Crippen molar-refractivity contribution in [2.45, 2.75) is 0 Å². The van der Waals surface area contributed by atoms with Crippen LogP contribution in [0, 0.1) is 0 Å². The molecule has 0 unspecified atom stereocenters. The van der Waals surface area contributed by atoms with Crippen molar-refractivity contribution in [2.75, 3.05) is 17.9 Å². The Morgan fingerprint density at radius 2 is 1.74 bits per heavy atom. The first-order valence-electron chi connectivity index (χ1n) is 7.11. The van der Waals surface area contributed by atoms with E-state index in [1.165, 1.54) is 0 Å². The number of hydrogen-bond donors (Lipinski definition) is 3. The monoisotopic (exact) mass is 307 g/mol. The average Bonchev–Trinajstić information content (AvgIpc) is 2.63. The Kier molecular flexibility index (Phi) is 4.35. The predicted molar refractivity (Wildman–Crippen MR) is 91.6 cm³/mol. The van der Waals surface area contributed by atoms with Crippen LogP contribution in [0.15, 0.2) is 60.8 Å². The number of nitrogen functional groups attached to an aromatic ring is 1. The molecule has 0 radical (unpaired) electrons. The number of nitrogens with zero attached hydrogens (tertiary/aromatic N) is 2. The van der Waals surface area contributed by atoms with E-state index in [1.54, 1.807) is 13.3 Å². The van der Waals surface area contributed by atoms with Crippen molar-refractivity contribution < 1.29 is 4.74 Å². The summed E-state index contributed by atoms with van der Waals surface area (Å²) in [6.07, 6.45) is 1.73. The Bertz CT molecular complexity index is 792. The van der Waals surface area contributed by atoms with Gasteiger partial charge >= 0.3 is 0 Å². The van der Waals surface area contributed by atoms with Gasteiger partial charge in [0.15, 0.2) is 5.82 Å². The molecule has 4 N–H and O–H groups in total. The zero-order valence-electron chi connectivity index (χ0n) is 12.7. The van der Waals surface area contributed by atoms with Gasteiger partial charge in [0.2, 0.25) is 5.95 Å². The molecule has 3 aromatic rings. The summed E-state index contributed by atoms with van der Waals surface area (Å²) in [5.74, 6) is 7.30. The maximum Gasteiger partial charge on any atom is 0.229 e. The van der Waals surface area contributed by atoms with Gasteiger partial charge < -0.3 is 15.5 Å². The molecule has 0 saturated heterocycles. The van der Waals surface area contributed by atoms with Gasteiger partial charge in [-0.3, -0.25) is 0 Å². The number of rotatable bonds is 5. The Morgan fingerprint density at radius 1 is 1.00 bits per heavy atom. The van der Waals surface area contributed by atoms with Gasteiger partial charge in [0.1, 0.15) is 5.75 Å². The number of hydrogen-bond acceptors (Lipinski definition) is 6. The Labute approximate surface area is 134 Å². The largest absolute Gasteiger partial charge is 0.495 e. The van der Waals surface area contributed by atoms with Crippen LogP contribution in [0.1, 0.15) is 0 Å². The average molecular weight is 307 g/mol. The molecule has 1 heterocycles. The summed E-state index contributed by atoms with van der Waals surface area (Å²) >= 11 is 0. The topological polar surface area (TPSA) is 85.1 Å². The number of benzene rings is 2. The summed E-state index contributed by atoms with van der Waals surface area (Å²) in [4.78, 5) is 8.79. The van der Waals surface area contributed by atoms with Crippen molar-refractivity contribution in [3.63, 3.8) is 0 Å². The summed E-state index contributed by atoms with van der Waals surface area (Å²) in [5.41, 5.74) is 5.23. The lowest BCUT2D eigenvalue weighted by Crippen LogP contribution is -2.11. The highest BCUT2D eigenvalue weighted by Gasteiger charge is 2.10. The number of ether oxygens (including phenoxy) is 1. The number of nitrogens with two attached hydrogens (primary N) is 1. The van der Waals surface area contributed by atoms with Gasteiger partial charge in [-0.25, -0.2) is 10.8 Å². The van der Waals surface area contributed by atoms with Crippen molar-refractivity contribution in [3.05, 3.63) is 60.8 Å². The fourth-order valence-corrected chi connectivity index (χ4v) is 2.25. The van der Waals surface area contributed by atoms with Crippen LogP contribution in [0.25, 0.3) is 11.1 Å². The fraction of sp³-hybridized carbons (Fsp3) is 0.0588. The maximum atomic E-state index is 5.61. The number of methoxy groups -OCH3 is 1. The van der Waals surface area contributed by atoms with Crippen molar-refractivity contribution in [3.8, 4) is 16.9 Å². The Hall–Kier alpha value is -3.12. The van der Waals surface area contributed by atoms with Gasteiger partial charge in [0, 0.05) is 11.8 Å². The highest BCUT2D eigenvalue weighted by atomic mass is 16.5. The molecule has 0 aliphatic heterocycles. The molecule has 23 heavy (non-hydrogen) atoms. The first-order chi connectivity index (χ1) is 11.3. The Balaban J connectivity index is 1.93. The van der Waals surface area contributed by atoms with E-state index in [9.17, 15) is 0 Å². The molecular formula is C17H17N5O. The predicted octanol–water partition coefficient (Wildman–Crippen LogP) is 3.18. The summed E-state index contributed by atoms with van der Waals surface area (Å²) < 4.78 is 5.31. The molecule has 0 aliphatic rings. The molecule has 0 saturated carbocycles. The lowest BCUT2D eigenvalue weighted by atomic mass is 10.1. The number of aromatic nitrogens is 2. The molecule has 1 aromatic heterocycles. The van der Waals surface area contributed by atoms with Gasteiger partial charge in [-0.05, 0) is 17.7 Å². The molecular weight excluding hydrogens is 290 g/mol. The second-order valence-corrected chi connectivity index (χ2v) is 4.79. The third kappa shape index (κ3) is 3.22. The molecule has 0 amide bonds. The number of hydrazine groups is 1. The van der Waals surface area contributed by atoms with Crippen LogP contribution in [0.3, 0.4) is 0 Å². The molecule has 2 aromatic carbocycles. The molecule has 116 valence electrons. The van der Waals surface area contributed by atoms with Crippen LogP contribution in [0.2, 0.25) is 0 Å². The first kappa shape index (κ1) is 14.8. The van der Waals surface area contributed by atoms with Crippen LogP contribution in [0.5, 0.6) is 5.75 Å². The minimum atomic E-state index is 0.433. The van der Waals surface area contributed by atoms with Crippen LogP contribution in [-0.4, -0.2) is 17.1 Å². The second-order valence-electron chi connectivity index (χ2n) is 4.79. The van der Waals surface area contributed by atoms with E-state index < -0.39 is 0 Å². The molecule has 0 aliphatic carbocycles. The van der Waals surface area contributed by atoms with E-state index in [0.717, 1.165) is 16.8 Å². The lowest BCUT2D eigenvalue weighted by molar-refractivity contribution is 0.417. The van der Waals surface area contributed by atoms with E-state index >= 15 is 0 Å². The second kappa shape index (κ2) is 6.76. The standard InChI is InChI=1S/C17H17N5O/c1-23-15-10-6-5-9-14(15)20-17-19-11-13(16(21-17)22-18)12-7-3-2-4-8-12/h2-11H,18H2,1H3,(H2,19,20,21,22). The van der Waals surface area contributed by atoms with Crippen molar-refractivity contribution in [1.82, 2.24) is 9.97 Å². The Morgan fingerprint density at radius 3 is 2.48 bits per heavy atom. The molecule has 0 atom stereocenters. The molecule has 0 bridgehead atoms. The third-order valence-electron chi connectivity index (χ3n) is 3.36. The van der Waals surface area contributed by atoms with E-state index in [2.05, 4.69) is 20.7 Å². The molecule has 6 heteroatoms. The van der Waals surface area contributed by atoms with Crippen LogP contribution in [-0.2, 0) is 0 Å². The fourth-order valence-electron chi connectivity index (χ4n) is 2.25. The van der Waals surface area contributed by atoms with Gasteiger partial charge in [0.25, 0.3) is 0 Å². The molecule has 0 fully saturated rings. The number of nitrogens with one attached hydrogen (secondary N) is 2. The van der Waals surface area contributed by atoms with E-state index in [0.29, 0.717) is 17.5 Å². The first-order valence-corrected chi connectivity index (χ1v) is 7.11. The maximum absolute atomic E-state index is 5.61. The summed E-state index contributed by atoms with van der Waals surface area (Å²) in [6, 6.07) is 17.4. The van der Waals surface area contributed by atoms with Crippen LogP contribution >= 0.6 is 0 Å². The zero-order valence-corrected chi connectivity index (χ0v) is 12.7. The SMILES string of the molecule is COc1ccccc1Nc1ncc(-c2ccccc2)c(NN)n1. The van der Waals surface area contributed by atoms with Gasteiger partial charge in [0.05, 0.1) is 12.8 Å². The van der Waals surface area contributed by atoms with Crippen molar-refractivity contribution >= 4 is 17.5 Å². The quantitative estimate of drug-likeness (QED) is 0.496. The van der Waals surface area contributed by atoms with Gasteiger partial charge in [-0.15, -0.1) is 0 Å². The third-order valence-corrected chi connectivity index (χ3v) is 3.36. The number of anilines is 3. The van der Waals surface area contributed by atoms with Crippen molar-refractivity contribution in [2.24, 2.45) is 5.84 Å². The van der Waals surface area contributed by atoms with Crippen LogP contribution < -0.4 is 21.3 Å². The minimum absolute atomic E-state index is 0.433. The van der Waals surface area contributed by atoms with Crippen LogP contribution in [0.4, 0.5) is 17.5 Å². The number of para-hydroxylation sites is 2.